The van der Waals surface area contributed by atoms with E-state index in [9.17, 15) is 4.79 Å². The van der Waals surface area contributed by atoms with Gasteiger partial charge < -0.3 is 9.73 Å². The topological polar surface area (TPSA) is 55.1 Å². The van der Waals surface area contributed by atoms with E-state index in [1.54, 1.807) is 0 Å². The number of fused-ring (bicyclic) bond motifs is 2. The summed E-state index contributed by atoms with van der Waals surface area (Å²) >= 11 is 3.61. The lowest BCUT2D eigenvalue weighted by Gasteiger charge is -2.07. The summed E-state index contributed by atoms with van der Waals surface area (Å²) in [5.41, 5.74) is 5.73. The molecule has 0 radical (unpaired) electrons. The number of halogens is 1. The van der Waals surface area contributed by atoms with Crippen LogP contribution in [0, 0.1) is 13.8 Å². The molecule has 0 spiro atoms. The minimum atomic E-state index is -0.145. The predicted octanol–water partition coefficient (Wildman–Crippen LogP) is 7.28. The second-order valence-corrected chi connectivity index (χ2v) is 8.53. The van der Waals surface area contributed by atoms with Gasteiger partial charge in [-0.2, -0.15) is 0 Å². The fourth-order valence-corrected chi connectivity index (χ4v) is 4.39. The van der Waals surface area contributed by atoms with E-state index in [4.69, 9.17) is 9.40 Å². The summed E-state index contributed by atoms with van der Waals surface area (Å²) in [6, 6.07) is 23.4. The molecule has 5 rings (SSSR count). The first kappa shape index (κ1) is 19.5. The van der Waals surface area contributed by atoms with Gasteiger partial charge in [-0.1, -0.05) is 57.4 Å². The standard InChI is InChI=1S/C26H19BrN2O2/c1-15-11-16(2)13-17(12-15)25(30)28-18-9-10-24-23(14-18)29-26(31-24)21-7-3-6-20-19(21)5-4-8-22(20)27/h3-14H,1-2H3,(H,28,30). The molecule has 0 aliphatic heterocycles. The molecule has 0 bridgehead atoms. The Morgan fingerprint density at radius 3 is 2.45 bits per heavy atom. The van der Waals surface area contributed by atoms with Crippen molar-refractivity contribution in [2.24, 2.45) is 0 Å². The maximum absolute atomic E-state index is 12.7. The number of hydrogen-bond donors (Lipinski definition) is 1. The fraction of sp³-hybridized carbons (Fsp3) is 0.0769. The number of benzene rings is 4. The Morgan fingerprint density at radius 1 is 0.903 bits per heavy atom. The maximum Gasteiger partial charge on any atom is 0.255 e. The van der Waals surface area contributed by atoms with Crippen molar-refractivity contribution in [2.45, 2.75) is 13.8 Å². The Balaban J connectivity index is 1.50. The van der Waals surface area contributed by atoms with Crippen LogP contribution in [0.4, 0.5) is 5.69 Å². The van der Waals surface area contributed by atoms with Gasteiger partial charge in [-0.3, -0.25) is 4.79 Å². The lowest BCUT2D eigenvalue weighted by Crippen LogP contribution is -2.12. The van der Waals surface area contributed by atoms with Crippen LogP contribution in [-0.2, 0) is 0 Å². The minimum Gasteiger partial charge on any atom is -0.436 e. The Morgan fingerprint density at radius 2 is 1.65 bits per heavy atom. The highest BCUT2D eigenvalue weighted by Crippen LogP contribution is 2.34. The van der Waals surface area contributed by atoms with Crippen molar-refractivity contribution in [3.63, 3.8) is 0 Å². The molecule has 0 aliphatic rings. The van der Waals surface area contributed by atoms with Gasteiger partial charge >= 0.3 is 0 Å². The van der Waals surface area contributed by atoms with Gasteiger partial charge in [0.1, 0.15) is 5.52 Å². The molecule has 1 aromatic heterocycles. The first-order valence-corrected chi connectivity index (χ1v) is 10.7. The van der Waals surface area contributed by atoms with Gasteiger partial charge in [0.2, 0.25) is 5.89 Å². The van der Waals surface area contributed by atoms with E-state index in [1.807, 2.05) is 74.5 Å². The zero-order valence-corrected chi connectivity index (χ0v) is 18.7. The summed E-state index contributed by atoms with van der Waals surface area (Å²) in [5.74, 6) is 0.408. The number of aromatic nitrogens is 1. The van der Waals surface area contributed by atoms with Crippen LogP contribution in [0.2, 0.25) is 0 Å². The van der Waals surface area contributed by atoms with Gasteiger partial charge in [-0.15, -0.1) is 0 Å². The maximum atomic E-state index is 12.7. The second-order valence-electron chi connectivity index (χ2n) is 7.67. The molecule has 0 unspecified atom stereocenters. The average Bonchev–Trinajstić information content (AvgIpc) is 3.16. The van der Waals surface area contributed by atoms with Gasteiger partial charge in [-0.05, 0) is 67.1 Å². The van der Waals surface area contributed by atoms with Gasteiger partial charge in [0.25, 0.3) is 5.91 Å². The lowest BCUT2D eigenvalue weighted by atomic mass is 10.0. The van der Waals surface area contributed by atoms with Crippen LogP contribution >= 0.6 is 15.9 Å². The molecule has 1 amide bonds. The van der Waals surface area contributed by atoms with Crippen molar-refractivity contribution in [1.29, 1.82) is 0 Å². The molecule has 0 saturated heterocycles. The van der Waals surface area contributed by atoms with Crippen LogP contribution in [-0.4, -0.2) is 10.9 Å². The van der Waals surface area contributed by atoms with E-state index in [1.165, 1.54) is 0 Å². The van der Waals surface area contributed by atoms with E-state index >= 15 is 0 Å². The number of oxazole rings is 1. The van der Waals surface area contributed by atoms with Gasteiger partial charge in [0.05, 0.1) is 0 Å². The molecular formula is C26H19BrN2O2. The number of hydrogen-bond acceptors (Lipinski definition) is 3. The van der Waals surface area contributed by atoms with Crippen molar-refractivity contribution in [2.75, 3.05) is 5.32 Å². The highest BCUT2D eigenvalue weighted by Gasteiger charge is 2.14. The van der Waals surface area contributed by atoms with Crippen LogP contribution in [0.5, 0.6) is 0 Å². The molecule has 5 heteroatoms. The van der Waals surface area contributed by atoms with Crippen molar-refractivity contribution >= 4 is 49.4 Å². The number of nitrogens with zero attached hydrogens (tertiary/aromatic N) is 1. The first-order chi connectivity index (χ1) is 15.0. The van der Waals surface area contributed by atoms with Crippen molar-refractivity contribution < 1.29 is 9.21 Å². The summed E-state index contributed by atoms with van der Waals surface area (Å²) in [7, 11) is 0. The summed E-state index contributed by atoms with van der Waals surface area (Å²) in [5, 5.41) is 5.13. The third-order valence-corrected chi connectivity index (χ3v) is 5.92. The van der Waals surface area contributed by atoms with Crippen LogP contribution in [0.15, 0.2) is 81.7 Å². The molecule has 0 atom stereocenters. The first-order valence-electron chi connectivity index (χ1n) is 9.96. The Bertz CT molecular complexity index is 1450. The fourth-order valence-electron chi connectivity index (χ4n) is 3.89. The molecule has 152 valence electrons. The van der Waals surface area contributed by atoms with E-state index in [-0.39, 0.29) is 5.91 Å². The molecule has 0 fully saturated rings. The Hall–Kier alpha value is -3.44. The number of carbonyl (C=O) groups is 1. The van der Waals surface area contributed by atoms with Crippen LogP contribution in [0.1, 0.15) is 21.5 Å². The molecule has 0 saturated carbocycles. The molecule has 1 heterocycles. The predicted molar refractivity (Wildman–Crippen MR) is 129 cm³/mol. The lowest BCUT2D eigenvalue weighted by molar-refractivity contribution is 0.102. The largest absolute Gasteiger partial charge is 0.436 e. The molecule has 31 heavy (non-hydrogen) atoms. The third kappa shape index (κ3) is 3.73. The van der Waals surface area contributed by atoms with Crippen molar-refractivity contribution in [1.82, 2.24) is 4.98 Å². The number of rotatable bonds is 3. The monoisotopic (exact) mass is 470 g/mol. The third-order valence-electron chi connectivity index (χ3n) is 5.23. The molecule has 5 aromatic rings. The van der Waals surface area contributed by atoms with E-state index in [2.05, 4.69) is 33.4 Å². The average molecular weight is 471 g/mol. The number of amides is 1. The highest BCUT2D eigenvalue weighted by atomic mass is 79.9. The molecule has 1 N–H and O–H groups in total. The van der Waals surface area contributed by atoms with E-state index in [0.717, 1.165) is 31.9 Å². The van der Waals surface area contributed by atoms with Gasteiger partial charge in [-0.25, -0.2) is 4.98 Å². The number of carbonyl (C=O) groups excluding carboxylic acids is 1. The van der Waals surface area contributed by atoms with Gasteiger partial charge in [0, 0.05) is 21.3 Å². The smallest absolute Gasteiger partial charge is 0.255 e. The van der Waals surface area contributed by atoms with Crippen molar-refractivity contribution in [3.05, 3.63) is 94.0 Å². The number of nitrogens with one attached hydrogen (secondary N) is 1. The molecule has 4 nitrogen and oxygen atoms in total. The zero-order chi connectivity index (χ0) is 21.5. The van der Waals surface area contributed by atoms with Crippen molar-refractivity contribution in [3.8, 4) is 11.5 Å². The quantitative estimate of drug-likeness (QED) is 0.301. The SMILES string of the molecule is Cc1cc(C)cc(C(=O)Nc2ccc3oc(-c4cccc5c(Br)cccc45)nc3c2)c1. The Kier molecular flexibility index (Phi) is 4.83. The molecular weight excluding hydrogens is 452 g/mol. The normalized spacial score (nSPS) is 11.2. The van der Waals surface area contributed by atoms with Crippen LogP contribution in [0.3, 0.4) is 0 Å². The molecule has 4 aromatic carbocycles. The van der Waals surface area contributed by atoms with E-state index < -0.39 is 0 Å². The van der Waals surface area contributed by atoms with Crippen LogP contribution < -0.4 is 5.32 Å². The van der Waals surface area contributed by atoms with E-state index in [0.29, 0.717) is 28.2 Å². The zero-order valence-electron chi connectivity index (χ0n) is 17.1. The summed E-state index contributed by atoms with van der Waals surface area (Å²) < 4.78 is 7.07. The summed E-state index contributed by atoms with van der Waals surface area (Å²) in [6.45, 7) is 3.97. The summed E-state index contributed by atoms with van der Waals surface area (Å²) in [6.07, 6.45) is 0. The number of anilines is 1. The second kappa shape index (κ2) is 7.67. The highest BCUT2D eigenvalue weighted by molar-refractivity contribution is 9.10. The van der Waals surface area contributed by atoms with Crippen LogP contribution in [0.25, 0.3) is 33.3 Å². The minimum absolute atomic E-state index is 0.145. The Labute approximate surface area is 188 Å². The molecule has 0 aliphatic carbocycles. The summed E-state index contributed by atoms with van der Waals surface area (Å²) in [4.78, 5) is 17.4. The number of aryl methyl sites for hydroxylation is 2. The van der Waals surface area contributed by atoms with Gasteiger partial charge in [0.15, 0.2) is 5.58 Å².